The number of sulfonamides is 1. The van der Waals surface area contributed by atoms with Crippen molar-refractivity contribution in [2.45, 2.75) is 101 Å². The monoisotopic (exact) mass is 756 g/mol. The quantitative estimate of drug-likeness (QED) is 0.217. The lowest BCUT2D eigenvalue weighted by atomic mass is 9.85. The number of carbonyl (C=O) groups excluding carboxylic acids is 4. The Labute approximate surface area is 315 Å². The molecular weight excluding hydrogens is 709 g/mol. The molecule has 1 aliphatic heterocycles. The number of fused-ring (bicyclic) bond motifs is 1. The summed E-state index contributed by atoms with van der Waals surface area (Å²) in [6, 6.07) is 14.7. The molecule has 14 heteroatoms. The van der Waals surface area contributed by atoms with Gasteiger partial charge in [0.05, 0.1) is 22.2 Å². The van der Waals surface area contributed by atoms with Crippen LogP contribution in [0.1, 0.15) is 72.6 Å². The van der Waals surface area contributed by atoms with Gasteiger partial charge in [0.1, 0.15) is 23.7 Å². The molecule has 2 heterocycles. The van der Waals surface area contributed by atoms with E-state index in [4.69, 9.17) is 14.7 Å². The molecule has 1 aromatic heterocycles. The minimum absolute atomic E-state index is 0.0236. The maximum atomic E-state index is 14.4. The van der Waals surface area contributed by atoms with Gasteiger partial charge in [0.25, 0.3) is 5.91 Å². The second kappa shape index (κ2) is 13.8. The number of para-hydroxylation sites is 1. The molecule has 0 spiro atoms. The summed E-state index contributed by atoms with van der Waals surface area (Å²) in [5, 5.41) is 6.26. The van der Waals surface area contributed by atoms with E-state index in [0.29, 0.717) is 41.9 Å². The predicted molar refractivity (Wildman–Crippen MR) is 202 cm³/mol. The molecule has 4 amide bonds. The van der Waals surface area contributed by atoms with Crippen LogP contribution in [-0.4, -0.2) is 81.9 Å². The van der Waals surface area contributed by atoms with E-state index in [-0.39, 0.29) is 25.3 Å². The predicted octanol–water partition coefficient (Wildman–Crippen LogP) is 4.04. The fourth-order valence-electron chi connectivity index (χ4n) is 7.63. The van der Waals surface area contributed by atoms with Crippen molar-refractivity contribution < 1.29 is 32.3 Å². The number of rotatable bonds is 13. The highest BCUT2D eigenvalue weighted by atomic mass is 32.2. The molecule has 7 rings (SSSR count). The zero-order chi connectivity index (χ0) is 38.6. The number of likely N-dealkylation sites (tertiary alicyclic amines) is 1. The summed E-state index contributed by atoms with van der Waals surface area (Å²) in [6.07, 6.45) is 4.50. The van der Waals surface area contributed by atoms with Gasteiger partial charge in [-0.3, -0.25) is 23.9 Å². The number of benzene rings is 2. The van der Waals surface area contributed by atoms with Crippen LogP contribution in [0.25, 0.3) is 22.3 Å². The van der Waals surface area contributed by atoms with Crippen molar-refractivity contribution in [3.8, 4) is 17.3 Å². The molecule has 3 saturated carbocycles. The first kappa shape index (κ1) is 37.5. The normalized spacial score (nSPS) is 25.0. The molecule has 4 aliphatic rings. The van der Waals surface area contributed by atoms with Crippen LogP contribution in [-0.2, 0) is 29.2 Å². The lowest BCUT2D eigenvalue weighted by Gasteiger charge is -2.35. The number of aromatic nitrogens is 2. The minimum Gasteiger partial charge on any atom is -0.472 e. The largest absolute Gasteiger partial charge is 0.472 e. The fourth-order valence-corrected chi connectivity index (χ4v) is 9.37. The van der Waals surface area contributed by atoms with Gasteiger partial charge in [-0.1, -0.05) is 82.2 Å². The third kappa shape index (κ3) is 7.32. The summed E-state index contributed by atoms with van der Waals surface area (Å²) in [5.41, 5.74) is -0.847. The Hall–Kier alpha value is -4.85. The average Bonchev–Trinajstić information content (AvgIpc) is 4.07. The Morgan fingerprint density at radius 3 is 2.33 bits per heavy atom. The first-order chi connectivity index (χ1) is 25.6. The van der Waals surface area contributed by atoms with Crippen molar-refractivity contribution in [1.29, 1.82) is 0 Å². The molecular formula is C40H48N6O7S. The van der Waals surface area contributed by atoms with E-state index in [0.717, 1.165) is 18.4 Å². The number of carbonyl (C=O) groups is 4. The molecule has 0 bridgehead atoms. The van der Waals surface area contributed by atoms with Gasteiger partial charge in [-0.15, -0.1) is 6.58 Å². The van der Waals surface area contributed by atoms with Gasteiger partial charge < -0.3 is 20.3 Å². The van der Waals surface area contributed by atoms with Gasteiger partial charge in [0.15, 0.2) is 5.82 Å². The van der Waals surface area contributed by atoms with Gasteiger partial charge in [-0.25, -0.2) is 13.4 Å². The standard InChI is InChI=1S/C40H48N6O7S/c1-6-27-22-40(27,37(50)45-54(51,52)39(18-19-39)21-25-16-17-25)44-34(48)31-20-28(23-46(31)36(49)32(38(3,4)5)41-24(2)47)53-35-29-14-10-11-15-30(29)42-33(43-35)26-12-8-7-9-13-26/h6-15,25,27-28,31-32H,1,16-23H2,2-5H3,(H,41,47)(H,44,48)(H,45,50)/t27-,28-,31+,32-,40-/m1/s1. The number of amides is 4. The van der Waals surface area contributed by atoms with Gasteiger partial charge in [-0.05, 0) is 49.1 Å². The van der Waals surface area contributed by atoms with Crippen molar-refractivity contribution in [3.63, 3.8) is 0 Å². The summed E-state index contributed by atoms with van der Waals surface area (Å²) >= 11 is 0. The molecule has 1 saturated heterocycles. The smallest absolute Gasteiger partial charge is 0.259 e. The molecule has 13 nitrogen and oxygen atoms in total. The van der Waals surface area contributed by atoms with E-state index in [1.165, 1.54) is 17.9 Å². The molecule has 0 unspecified atom stereocenters. The minimum atomic E-state index is -4.00. The van der Waals surface area contributed by atoms with Gasteiger partial charge >= 0.3 is 0 Å². The summed E-state index contributed by atoms with van der Waals surface area (Å²) in [7, 11) is -4.00. The Balaban J connectivity index is 1.18. The van der Waals surface area contributed by atoms with Crippen LogP contribution >= 0.6 is 0 Å². The van der Waals surface area contributed by atoms with Crippen molar-refractivity contribution in [2.24, 2.45) is 17.3 Å². The van der Waals surface area contributed by atoms with E-state index < -0.39 is 73.5 Å². The molecule has 0 radical (unpaired) electrons. The molecule has 2 aromatic carbocycles. The molecule has 3 aliphatic carbocycles. The second-order valence-corrected chi connectivity index (χ2v) is 18.6. The van der Waals surface area contributed by atoms with Crippen molar-refractivity contribution in [1.82, 2.24) is 30.2 Å². The van der Waals surface area contributed by atoms with Crippen LogP contribution in [0, 0.1) is 17.3 Å². The van der Waals surface area contributed by atoms with Crippen LogP contribution in [0.3, 0.4) is 0 Å². The van der Waals surface area contributed by atoms with Crippen LogP contribution in [0.15, 0.2) is 67.3 Å². The third-order valence-corrected chi connectivity index (χ3v) is 13.4. The first-order valence-electron chi connectivity index (χ1n) is 18.6. The summed E-state index contributed by atoms with van der Waals surface area (Å²) in [4.78, 5) is 65.9. The third-order valence-electron chi connectivity index (χ3n) is 11.2. The second-order valence-electron chi connectivity index (χ2n) is 16.5. The van der Waals surface area contributed by atoms with Gasteiger partial charge in [-0.2, -0.15) is 4.98 Å². The van der Waals surface area contributed by atoms with Crippen molar-refractivity contribution in [3.05, 3.63) is 67.3 Å². The van der Waals surface area contributed by atoms with E-state index in [1.54, 1.807) is 0 Å². The Kier molecular flexibility index (Phi) is 9.56. The molecule has 5 atom stereocenters. The van der Waals surface area contributed by atoms with Crippen molar-refractivity contribution >= 4 is 44.6 Å². The topological polar surface area (TPSA) is 177 Å². The molecule has 3 N–H and O–H groups in total. The van der Waals surface area contributed by atoms with Crippen LogP contribution in [0.5, 0.6) is 5.88 Å². The lowest BCUT2D eigenvalue weighted by molar-refractivity contribution is -0.144. The van der Waals surface area contributed by atoms with Crippen LogP contribution in [0.4, 0.5) is 0 Å². The number of hydrogen-bond acceptors (Lipinski definition) is 9. The molecule has 4 fully saturated rings. The summed E-state index contributed by atoms with van der Waals surface area (Å²) in [6.45, 7) is 10.6. The van der Waals surface area contributed by atoms with Crippen LogP contribution < -0.4 is 20.1 Å². The zero-order valence-electron chi connectivity index (χ0n) is 31.1. The molecule has 286 valence electrons. The van der Waals surface area contributed by atoms with E-state index >= 15 is 0 Å². The number of hydrogen-bond donors (Lipinski definition) is 3. The van der Waals surface area contributed by atoms with E-state index in [9.17, 15) is 27.6 Å². The highest BCUT2D eigenvalue weighted by Gasteiger charge is 2.64. The lowest BCUT2D eigenvalue weighted by Crippen LogP contribution is -2.60. The first-order valence-corrected chi connectivity index (χ1v) is 20.1. The van der Waals surface area contributed by atoms with Crippen molar-refractivity contribution in [2.75, 3.05) is 6.54 Å². The Morgan fingerprint density at radius 1 is 1.04 bits per heavy atom. The van der Waals surface area contributed by atoms with Crippen LogP contribution in [0.2, 0.25) is 0 Å². The number of nitrogens with one attached hydrogen (secondary N) is 3. The maximum absolute atomic E-state index is 14.4. The van der Waals surface area contributed by atoms with Gasteiger partial charge in [0.2, 0.25) is 33.6 Å². The maximum Gasteiger partial charge on any atom is 0.259 e. The molecule has 54 heavy (non-hydrogen) atoms. The zero-order valence-corrected chi connectivity index (χ0v) is 31.9. The molecule has 3 aromatic rings. The van der Waals surface area contributed by atoms with E-state index in [2.05, 4.69) is 21.9 Å². The van der Waals surface area contributed by atoms with E-state index in [1.807, 2.05) is 75.4 Å². The fraction of sp³-hybridized carbons (Fsp3) is 0.500. The average molecular weight is 757 g/mol. The number of ether oxygens (including phenoxy) is 1. The highest BCUT2D eigenvalue weighted by Crippen LogP contribution is 2.53. The summed E-state index contributed by atoms with van der Waals surface area (Å²) in [5.74, 6) is -1.78. The Morgan fingerprint density at radius 2 is 1.72 bits per heavy atom. The summed E-state index contributed by atoms with van der Waals surface area (Å²) < 4.78 is 35.0. The Bertz CT molecular complexity index is 2110. The highest BCUT2D eigenvalue weighted by molar-refractivity contribution is 7.91. The SMILES string of the molecule is C=C[C@@H]1C[C@]1(NC(=O)[C@@H]1C[C@@H](Oc2nc(-c3ccccc3)nc3ccccc23)CN1C(=O)[C@@H](NC(C)=O)C(C)(C)C)C(=O)NS(=O)(=O)C1(CC2CC2)CC1. The van der Waals surface area contributed by atoms with Gasteiger partial charge in [0, 0.05) is 24.8 Å². The number of nitrogens with zero attached hydrogens (tertiary/aromatic N) is 3.